The number of nitrogens with zero attached hydrogens (tertiary/aromatic N) is 1. The second-order valence-electron chi connectivity index (χ2n) is 10.5. The Morgan fingerprint density at radius 2 is 1.23 bits per heavy atom. The zero-order valence-electron chi connectivity index (χ0n) is 21.4. The van der Waals surface area contributed by atoms with E-state index in [1.165, 1.54) is 17.0 Å². The van der Waals surface area contributed by atoms with Gasteiger partial charge in [0.05, 0.1) is 17.4 Å². The molecular weight excluding hydrogens is 551 g/mol. The Labute approximate surface area is 241 Å². The van der Waals surface area contributed by atoms with Crippen LogP contribution in [0.25, 0.3) is 0 Å². The van der Waals surface area contributed by atoms with Gasteiger partial charge in [-0.1, -0.05) is 55.0 Å². The van der Waals surface area contributed by atoms with Crippen molar-refractivity contribution in [2.75, 3.05) is 11.9 Å². The van der Waals surface area contributed by atoms with Crippen LogP contribution in [0.5, 0.6) is 0 Å². The lowest BCUT2D eigenvalue weighted by atomic mass is 9.54. The second-order valence-corrected chi connectivity index (χ2v) is 11.7. The molecule has 3 aromatic rings. The molecule has 204 valence electrons. The van der Waals surface area contributed by atoms with E-state index >= 15 is 0 Å². The topological polar surface area (TPSA) is 104 Å². The zero-order chi connectivity index (χ0) is 28.2. The monoisotopic (exact) mass is 576 g/mol. The predicted molar refractivity (Wildman–Crippen MR) is 150 cm³/mol. The van der Waals surface area contributed by atoms with E-state index in [0.717, 1.165) is 22.3 Å². The quantitative estimate of drug-likeness (QED) is 0.210. The zero-order valence-corrected chi connectivity index (χ0v) is 22.9. The number of benzene rings is 3. The molecule has 0 saturated carbocycles. The fraction of sp³-hybridized carbons (Fsp3) is 0.290. The molecule has 7 rings (SSSR count). The van der Waals surface area contributed by atoms with Gasteiger partial charge in [0.15, 0.2) is 0 Å². The Morgan fingerprint density at radius 3 is 1.68 bits per heavy atom. The van der Waals surface area contributed by atoms with Crippen LogP contribution in [0.3, 0.4) is 0 Å². The summed E-state index contributed by atoms with van der Waals surface area (Å²) in [6.07, 6.45) is 2.00. The summed E-state index contributed by atoms with van der Waals surface area (Å²) in [5, 5.41) is 11.7. The van der Waals surface area contributed by atoms with E-state index in [4.69, 9.17) is 28.3 Å². The van der Waals surface area contributed by atoms with Gasteiger partial charge < -0.3 is 10.4 Å². The fourth-order valence-corrected chi connectivity index (χ4v) is 7.69. The Hall–Kier alpha value is -3.68. The minimum absolute atomic E-state index is 0.143. The van der Waals surface area contributed by atoms with Crippen LogP contribution in [-0.4, -0.2) is 40.2 Å². The highest BCUT2D eigenvalue weighted by Gasteiger charge is 2.72. The molecule has 2 N–H and O–H groups in total. The number of alkyl halides is 2. The van der Waals surface area contributed by atoms with Gasteiger partial charge in [-0.3, -0.25) is 19.3 Å². The van der Waals surface area contributed by atoms with Crippen LogP contribution in [0.2, 0.25) is 0 Å². The van der Waals surface area contributed by atoms with E-state index in [1.807, 2.05) is 48.5 Å². The number of likely N-dealkylation sites (tertiary alicyclic amines) is 1. The minimum atomic E-state index is -1.18. The predicted octanol–water partition coefficient (Wildman–Crippen LogP) is 5.48. The van der Waals surface area contributed by atoms with Crippen LogP contribution in [0, 0.1) is 11.8 Å². The number of nitrogens with one attached hydrogen (secondary N) is 1. The number of hydrogen-bond donors (Lipinski definition) is 2. The highest BCUT2D eigenvalue weighted by molar-refractivity contribution is 6.36. The lowest BCUT2D eigenvalue weighted by molar-refractivity contribution is -0.140. The molecule has 3 aliphatic carbocycles. The molecule has 0 radical (unpaired) electrons. The summed E-state index contributed by atoms with van der Waals surface area (Å²) in [5.74, 6) is -3.44. The third-order valence-corrected chi connectivity index (χ3v) is 9.66. The highest BCUT2D eigenvalue weighted by atomic mass is 35.5. The van der Waals surface area contributed by atoms with Gasteiger partial charge in [-0.05, 0) is 59.4 Å². The minimum Gasteiger partial charge on any atom is -0.478 e. The first-order valence-electron chi connectivity index (χ1n) is 13.2. The number of amides is 3. The van der Waals surface area contributed by atoms with Crippen LogP contribution >= 0.6 is 23.2 Å². The van der Waals surface area contributed by atoms with E-state index < -0.39 is 27.6 Å². The van der Waals surface area contributed by atoms with Gasteiger partial charge in [-0.15, -0.1) is 23.2 Å². The number of imide groups is 1. The molecule has 0 spiro atoms. The molecule has 7 nitrogen and oxygen atoms in total. The number of carbonyl (C=O) groups excluding carboxylic acids is 3. The molecule has 40 heavy (non-hydrogen) atoms. The number of hydrogen-bond acceptors (Lipinski definition) is 4. The van der Waals surface area contributed by atoms with E-state index in [0.29, 0.717) is 24.9 Å². The smallest absolute Gasteiger partial charge is 0.335 e. The van der Waals surface area contributed by atoms with Crippen molar-refractivity contribution < 1.29 is 24.3 Å². The first-order chi connectivity index (χ1) is 19.2. The van der Waals surface area contributed by atoms with Gasteiger partial charge in [-0.2, -0.15) is 0 Å². The lowest BCUT2D eigenvalue weighted by Crippen LogP contribution is -2.57. The summed E-state index contributed by atoms with van der Waals surface area (Å²) in [6.45, 7) is 0.232. The van der Waals surface area contributed by atoms with E-state index in [9.17, 15) is 19.2 Å². The van der Waals surface area contributed by atoms with E-state index in [1.54, 1.807) is 12.1 Å². The molecule has 1 fully saturated rings. The van der Waals surface area contributed by atoms with Crippen molar-refractivity contribution in [1.29, 1.82) is 0 Å². The molecule has 9 heteroatoms. The SMILES string of the molecule is O=C(CCCCCN1C(=O)[C@H]2[C@H](C1=O)C1(Cl)c3ccccc3C2(Cl)c2ccccc21)Nc1ccc(C(=O)O)cc1. The van der Waals surface area contributed by atoms with Crippen LogP contribution < -0.4 is 5.32 Å². The van der Waals surface area contributed by atoms with Crippen LogP contribution in [0.4, 0.5) is 5.69 Å². The Kier molecular flexibility index (Phi) is 6.47. The molecule has 3 aromatic carbocycles. The maximum atomic E-state index is 13.8. The fourth-order valence-electron chi connectivity index (χ4n) is 6.60. The van der Waals surface area contributed by atoms with Gasteiger partial charge in [0.2, 0.25) is 17.7 Å². The molecule has 1 saturated heterocycles. The molecule has 1 heterocycles. The first kappa shape index (κ1) is 26.5. The van der Waals surface area contributed by atoms with Gasteiger partial charge >= 0.3 is 5.97 Å². The molecule has 0 aromatic heterocycles. The molecule has 0 unspecified atom stereocenters. The number of carboxylic acids is 1. The summed E-state index contributed by atoms with van der Waals surface area (Å²) in [6, 6.07) is 21.1. The molecule has 4 aliphatic rings. The molecule has 3 amide bonds. The maximum absolute atomic E-state index is 13.8. The normalized spacial score (nSPS) is 25.8. The third kappa shape index (κ3) is 3.79. The molecule has 1 aliphatic heterocycles. The van der Waals surface area contributed by atoms with Gasteiger partial charge in [0.1, 0.15) is 9.75 Å². The molecule has 2 bridgehead atoms. The molecular formula is C31H26Cl2N2O5. The number of anilines is 1. The van der Waals surface area contributed by atoms with E-state index in [-0.39, 0.29) is 36.3 Å². The number of carbonyl (C=O) groups is 4. The van der Waals surface area contributed by atoms with Crippen molar-refractivity contribution >= 4 is 52.6 Å². The average Bonchev–Trinajstić information content (AvgIpc) is 3.22. The van der Waals surface area contributed by atoms with Gasteiger partial charge in [0.25, 0.3) is 0 Å². The lowest BCUT2D eigenvalue weighted by Gasteiger charge is -2.54. The summed E-state index contributed by atoms with van der Waals surface area (Å²) in [7, 11) is 0. The summed E-state index contributed by atoms with van der Waals surface area (Å²) >= 11 is 14.8. The second kappa shape index (κ2) is 9.75. The number of carboxylic acid groups (broad SMARTS) is 1. The Bertz CT molecular complexity index is 1430. The average molecular weight is 577 g/mol. The summed E-state index contributed by atoms with van der Waals surface area (Å²) < 4.78 is 0. The van der Waals surface area contributed by atoms with E-state index in [2.05, 4.69) is 5.32 Å². The summed E-state index contributed by atoms with van der Waals surface area (Å²) in [5.41, 5.74) is 3.77. The van der Waals surface area contributed by atoms with Crippen molar-refractivity contribution in [3.05, 3.63) is 101 Å². The van der Waals surface area contributed by atoms with Crippen molar-refractivity contribution in [2.45, 2.75) is 35.4 Å². The summed E-state index contributed by atoms with van der Waals surface area (Å²) in [4.78, 5) is 49.8. The number of aromatic carboxylic acids is 1. The highest BCUT2D eigenvalue weighted by Crippen LogP contribution is 2.69. The van der Waals surface area contributed by atoms with Crippen molar-refractivity contribution in [1.82, 2.24) is 4.90 Å². The van der Waals surface area contributed by atoms with Gasteiger partial charge in [0, 0.05) is 18.7 Å². The van der Waals surface area contributed by atoms with Crippen molar-refractivity contribution in [3.8, 4) is 0 Å². The third-order valence-electron chi connectivity index (χ3n) is 8.38. The molecule has 2 atom stereocenters. The Morgan fingerprint density at radius 1 is 0.750 bits per heavy atom. The van der Waals surface area contributed by atoms with Crippen LogP contribution in [-0.2, 0) is 24.1 Å². The van der Waals surface area contributed by atoms with Crippen molar-refractivity contribution in [2.24, 2.45) is 11.8 Å². The number of halogens is 2. The maximum Gasteiger partial charge on any atom is 0.335 e. The van der Waals surface area contributed by atoms with Crippen LogP contribution in [0.15, 0.2) is 72.8 Å². The first-order valence-corrected chi connectivity index (χ1v) is 14.0. The standard InChI is InChI=1S/C31H26Cl2N2O5/c32-30-20-8-3-4-9-21(20)31(33,23-11-6-5-10-22(23)30)26-25(30)27(37)35(28(26)38)17-7-1-2-12-24(36)34-19-15-13-18(14-16-19)29(39)40/h3-6,8-11,13-16,25-26H,1-2,7,12,17H2,(H,34,36)(H,39,40)/t25-,26-,30?,31?/m1/s1. The van der Waals surface area contributed by atoms with Crippen LogP contribution in [0.1, 0.15) is 58.3 Å². The number of rotatable bonds is 8. The Balaban J connectivity index is 1.12. The number of unbranched alkanes of at least 4 members (excludes halogenated alkanes) is 2. The largest absolute Gasteiger partial charge is 0.478 e. The van der Waals surface area contributed by atoms with Gasteiger partial charge in [-0.25, -0.2) is 4.79 Å². The van der Waals surface area contributed by atoms with Crippen molar-refractivity contribution in [3.63, 3.8) is 0 Å².